The highest BCUT2D eigenvalue weighted by Gasteiger charge is 2.26. The standard InChI is InChI=1S/C27H25N7O3/c1-2-21(35)32-14-16-33(17-15-32)25-26-31-22(23(24(28)36)34(26)13-12-29-25)18-8-10-20(11-9-18)30-27(37)19-6-4-3-5-7-19/h2-13H,1,14-17H2,(H2,28,36)(H,30,37). The van der Waals surface area contributed by atoms with Gasteiger partial charge in [0.25, 0.3) is 11.8 Å². The topological polar surface area (TPSA) is 126 Å². The second-order valence-electron chi connectivity index (χ2n) is 8.53. The molecule has 0 atom stereocenters. The number of rotatable bonds is 6. The van der Waals surface area contributed by atoms with Gasteiger partial charge in [0, 0.05) is 55.4 Å². The van der Waals surface area contributed by atoms with Crippen molar-refractivity contribution in [3.05, 3.63) is 90.9 Å². The Labute approximate surface area is 213 Å². The van der Waals surface area contributed by atoms with Gasteiger partial charge < -0.3 is 20.9 Å². The van der Waals surface area contributed by atoms with Gasteiger partial charge in [-0.05, 0) is 30.3 Å². The number of carbonyl (C=O) groups excluding carboxylic acids is 3. The van der Waals surface area contributed by atoms with E-state index in [0.29, 0.717) is 60.2 Å². The number of aromatic nitrogens is 3. The number of hydrogen-bond acceptors (Lipinski definition) is 6. The number of hydrogen-bond donors (Lipinski definition) is 2. The van der Waals surface area contributed by atoms with Crippen molar-refractivity contribution in [3.63, 3.8) is 0 Å². The molecule has 2 aromatic carbocycles. The van der Waals surface area contributed by atoms with Gasteiger partial charge in [0.1, 0.15) is 11.4 Å². The van der Waals surface area contributed by atoms with E-state index in [1.54, 1.807) is 70.2 Å². The minimum absolute atomic E-state index is 0.103. The van der Waals surface area contributed by atoms with Crippen LogP contribution in [0.2, 0.25) is 0 Å². The monoisotopic (exact) mass is 495 g/mol. The number of primary amides is 1. The van der Waals surface area contributed by atoms with Crippen LogP contribution in [0.5, 0.6) is 0 Å². The Morgan fingerprint density at radius 2 is 1.68 bits per heavy atom. The summed E-state index contributed by atoms with van der Waals surface area (Å²) in [5, 5.41) is 2.86. The minimum Gasteiger partial charge on any atom is -0.364 e. The van der Waals surface area contributed by atoms with Crippen LogP contribution in [0.4, 0.5) is 11.5 Å². The van der Waals surface area contributed by atoms with Crippen LogP contribution in [0, 0.1) is 0 Å². The van der Waals surface area contributed by atoms with E-state index in [1.807, 2.05) is 11.0 Å². The van der Waals surface area contributed by atoms with Crippen molar-refractivity contribution >= 4 is 34.9 Å². The molecule has 1 aliphatic heterocycles. The number of amides is 3. The largest absolute Gasteiger partial charge is 0.364 e. The summed E-state index contributed by atoms with van der Waals surface area (Å²) in [6.45, 7) is 5.74. The van der Waals surface area contributed by atoms with Crippen molar-refractivity contribution in [2.24, 2.45) is 5.73 Å². The molecule has 2 aromatic heterocycles. The zero-order valence-electron chi connectivity index (χ0n) is 20.0. The lowest BCUT2D eigenvalue weighted by atomic mass is 10.1. The van der Waals surface area contributed by atoms with Gasteiger partial charge in [-0.2, -0.15) is 0 Å². The molecule has 0 saturated carbocycles. The molecular formula is C27H25N7O3. The summed E-state index contributed by atoms with van der Waals surface area (Å²) >= 11 is 0. The highest BCUT2D eigenvalue weighted by Crippen LogP contribution is 2.29. The molecule has 3 amide bonds. The summed E-state index contributed by atoms with van der Waals surface area (Å²) in [5.74, 6) is -0.339. The molecule has 3 N–H and O–H groups in total. The van der Waals surface area contributed by atoms with Crippen LogP contribution in [0.25, 0.3) is 16.9 Å². The maximum Gasteiger partial charge on any atom is 0.268 e. The van der Waals surface area contributed by atoms with Crippen LogP contribution in [0.1, 0.15) is 20.8 Å². The van der Waals surface area contributed by atoms with Gasteiger partial charge in [-0.1, -0.05) is 36.9 Å². The van der Waals surface area contributed by atoms with E-state index < -0.39 is 5.91 Å². The van der Waals surface area contributed by atoms with Crippen molar-refractivity contribution in [3.8, 4) is 11.3 Å². The number of nitrogens with zero attached hydrogens (tertiary/aromatic N) is 5. The number of benzene rings is 2. The fraction of sp³-hybridized carbons (Fsp3) is 0.148. The molecular weight excluding hydrogens is 470 g/mol. The maximum absolute atomic E-state index is 12.5. The predicted molar refractivity (Wildman–Crippen MR) is 140 cm³/mol. The second-order valence-corrected chi connectivity index (χ2v) is 8.53. The average Bonchev–Trinajstić information content (AvgIpc) is 3.34. The van der Waals surface area contributed by atoms with E-state index in [9.17, 15) is 14.4 Å². The average molecular weight is 496 g/mol. The van der Waals surface area contributed by atoms with E-state index >= 15 is 0 Å². The molecule has 5 rings (SSSR count). The Hall–Kier alpha value is -4.99. The van der Waals surface area contributed by atoms with E-state index in [2.05, 4.69) is 16.9 Å². The van der Waals surface area contributed by atoms with E-state index in [1.165, 1.54) is 6.08 Å². The fourth-order valence-corrected chi connectivity index (χ4v) is 4.40. The zero-order chi connectivity index (χ0) is 25.9. The number of nitrogens with one attached hydrogen (secondary N) is 1. The van der Waals surface area contributed by atoms with Gasteiger partial charge in [-0.25, -0.2) is 9.97 Å². The Morgan fingerprint density at radius 3 is 2.32 bits per heavy atom. The molecule has 0 aliphatic carbocycles. The molecule has 1 aliphatic rings. The fourth-order valence-electron chi connectivity index (χ4n) is 4.40. The number of imidazole rings is 1. The molecule has 0 spiro atoms. The van der Waals surface area contributed by atoms with Crippen molar-refractivity contribution in [1.82, 2.24) is 19.3 Å². The summed E-state index contributed by atoms with van der Waals surface area (Å²) in [6.07, 6.45) is 4.57. The Bertz CT molecular complexity index is 1490. The van der Waals surface area contributed by atoms with Gasteiger partial charge in [0.05, 0.1) is 0 Å². The summed E-state index contributed by atoms with van der Waals surface area (Å²) < 4.78 is 1.65. The molecule has 10 nitrogen and oxygen atoms in total. The van der Waals surface area contributed by atoms with Crippen LogP contribution < -0.4 is 16.0 Å². The highest BCUT2D eigenvalue weighted by molar-refractivity contribution is 6.04. The molecule has 0 radical (unpaired) electrons. The van der Waals surface area contributed by atoms with Gasteiger partial charge in [-0.15, -0.1) is 0 Å². The molecule has 1 fully saturated rings. The third-order valence-electron chi connectivity index (χ3n) is 6.27. The van der Waals surface area contributed by atoms with Crippen LogP contribution >= 0.6 is 0 Å². The van der Waals surface area contributed by atoms with Crippen LogP contribution in [0.15, 0.2) is 79.6 Å². The first-order chi connectivity index (χ1) is 18.0. The first-order valence-corrected chi connectivity index (χ1v) is 11.8. The Kier molecular flexibility index (Phi) is 6.38. The summed E-state index contributed by atoms with van der Waals surface area (Å²) in [7, 11) is 0. The smallest absolute Gasteiger partial charge is 0.268 e. The molecule has 186 valence electrons. The van der Waals surface area contributed by atoms with Crippen LogP contribution in [0.3, 0.4) is 0 Å². The highest BCUT2D eigenvalue weighted by atomic mass is 16.2. The quantitative estimate of drug-likeness (QED) is 0.396. The summed E-state index contributed by atoms with van der Waals surface area (Å²) in [4.78, 5) is 49.9. The number of nitrogens with two attached hydrogens (primary N) is 1. The molecule has 0 unspecified atom stereocenters. The molecule has 1 saturated heterocycles. The van der Waals surface area contributed by atoms with Crippen molar-refractivity contribution in [1.29, 1.82) is 0 Å². The van der Waals surface area contributed by atoms with Gasteiger partial charge >= 0.3 is 0 Å². The number of piperazine rings is 1. The Balaban J connectivity index is 1.44. The van der Waals surface area contributed by atoms with Crippen LogP contribution in [-0.4, -0.2) is 63.2 Å². The molecule has 4 aromatic rings. The van der Waals surface area contributed by atoms with Gasteiger partial charge in [-0.3, -0.25) is 18.8 Å². The Morgan fingerprint density at radius 1 is 0.973 bits per heavy atom. The lowest BCUT2D eigenvalue weighted by Gasteiger charge is -2.34. The maximum atomic E-state index is 12.5. The van der Waals surface area contributed by atoms with Crippen molar-refractivity contribution in [2.45, 2.75) is 0 Å². The first-order valence-electron chi connectivity index (χ1n) is 11.8. The molecule has 0 bridgehead atoms. The second kappa shape index (κ2) is 9.94. The number of carbonyl (C=O) groups is 3. The zero-order valence-corrected chi connectivity index (χ0v) is 20.0. The first kappa shape index (κ1) is 23.7. The van der Waals surface area contributed by atoms with Crippen LogP contribution in [-0.2, 0) is 4.79 Å². The van der Waals surface area contributed by atoms with Gasteiger partial charge in [0.2, 0.25) is 5.91 Å². The predicted octanol–water partition coefficient (Wildman–Crippen LogP) is 2.58. The molecule has 37 heavy (non-hydrogen) atoms. The number of anilines is 2. The van der Waals surface area contributed by atoms with Crippen molar-refractivity contribution in [2.75, 3.05) is 36.4 Å². The van der Waals surface area contributed by atoms with E-state index in [0.717, 1.165) is 0 Å². The van der Waals surface area contributed by atoms with Crippen molar-refractivity contribution < 1.29 is 14.4 Å². The lowest BCUT2D eigenvalue weighted by molar-refractivity contribution is -0.126. The van der Waals surface area contributed by atoms with E-state index in [-0.39, 0.29) is 17.5 Å². The molecule has 3 heterocycles. The lowest BCUT2D eigenvalue weighted by Crippen LogP contribution is -2.48. The summed E-state index contributed by atoms with van der Waals surface area (Å²) in [6, 6.07) is 16.0. The normalized spacial score (nSPS) is 13.4. The summed E-state index contributed by atoms with van der Waals surface area (Å²) in [5.41, 5.74) is 8.76. The minimum atomic E-state index is -0.623. The molecule has 10 heteroatoms. The third-order valence-corrected chi connectivity index (χ3v) is 6.27. The SMILES string of the molecule is C=CC(=O)N1CCN(c2nccn3c(C(N)=O)c(-c4ccc(NC(=O)c5ccccc5)cc4)nc23)CC1. The van der Waals surface area contributed by atoms with Gasteiger partial charge in [0.15, 0.2) is 11.5 Å². The number of fused-ring (bicyclic) bond motifs is 1. The van der Waals surface area contributed by atoms with E-state index in [4.69, 9.17) is 10.7 Å². The third kappa shape index (κ3) is 4.64.